The molecule has 0 aliphatic heterocycles. The van der Waals surface area contributed by atoms with Crippen molar-refractivity contribution in [1.29, 1.82) is 0 Å². The van der Waals surface area contributed by atoms with Gasteiger partial charge in [0.05, 0.1) is 25.3 Å². The van der Waals surface area contributed by atoms with E-state index in [2.05, 4.69) is 10.3 Å². The second-order valence-electron chi connectivity index (χ2n) is 7.67. The van der Waals surface area contributed by atoms with Crippen LogP contribution < -0.4 is 20.5 Å². The summed E-state index contributed by atoms with van der Waals surface area (Å²) < 4.78 is 12.4. The largest absolute Gasteiger partial charge is 0.493 e. The molecule has 0 bridgehead atoms. The van der Waals surface area contributed by atoms with E-state index < -0.39 is 0 Å². The minimum atomic E-state index is -0.160. The van der Waals surface area contributed by atoms with Gasteiger partial charge in [-0.05, 0) is 55.2 Å². The number of carbonyl (C=O) groups excluding carboxylic acids is 1. The third-order valence-electron chi connectivity index (χ3n) is 5.82. The third-order valence-corrected chi connectivity index (χ3v) is 5.82. The molecule has 7 nitrogen and oxygen atoms in total. The molecule has 7 heteroatoms. The van der Waals surface area contributed by atoms with Crippen molar-refractivity contribution in [3.05, 3.63) is 58.0 Å². The summed E-state index contributed by atoms with van der Waals surface area (Å²) in [5.74, 6) is 1.19. The first-order valence-corrected chi connectivity index (χ1v) is 10.3. The standard InChI is InChI=1S/C23H27N3O4/c1-29-20-10-7-15(13-21(20)30-2)11-12-24-22(27)16-8-9-19-18(14-16)25-23(28)26(19)17-5-3-4-6-17/h7-10,13-14,17H,3-6,11-12H2,1-2H3,(H,24,27)(H,25,28). The van der Waals surface area contributed by atoms with Crippen LogP contribution in [-0.4, -0.2) is 36.2 Å². The van der Waals surface area contributed by atoms with Crippen LogP contribution in [-0.2, 0) is 6.42 Å². The summed E-state index contributed by atoms with van der Waals surface area (Å²) >= 11 is 0. The Hall–Kier alpha value is -3.22. The van der Waals surface area contributed by atoms with Crippen LogP contribution in [0.2, 0.25) is 0 Å². The summed E-state index contributed by atoms with van der Waals surface area (Å²) in [5.41, 5.74) is 3.06. The molecule has 1 heterocycles. The van der Waals surface area contributed by atoms with Gasteiger partial charge in [0.15, 0.2) is 11.5 Å². The van der Waals surface area contributed by atoms with Crippen molar-refractivity contribution in [2.75, 3.05) is 20.8 Å². The molecular formula is C23H27N3O4. The Morgan fingerprint density at radius 3 is 2.60 bits per heavy atom. The van der Waals surface area contributed by atoms with Crippen molar-refractivity contribution in [2.24, 2.45) is 0 Å². The van der Waals surface area contributed by atoms with Crippen LogP contribution in [0.3, 0.4) is 0 Å². The van der Waals surface area contributed by atoms with Crippen LogP contribution in [0.1, 0.15) is 47.6 Å². The molecule has 1 fully saturated rings. The van der Waals surface area contributed by atoms with Gasteiger partial charge in [0, 0.05) is 18.2 Å². The summed E-state index contributed by atoms with van der Waals surface area (Å²) in [5, 5.41) is 2.94. The van der Waals surface area contributed by atoms with Crippen molar-refractivity contribution in [1.82, 2.24) is 14.9 Å². The Bertz CT molecular complexity index is 1110. The Kier molecular flexibility index (Phi) is 5.79. The van der Waals surface area contributed by atoms with Gasteiger partial charge in [0.1, 0.15) is 0 Å². The van der Waals surface area contributed by atoms with E-state index in [4.69, 9.17) is 9.47 Å². The molecule has 2 N–H and O–H groups in total. The summed E-state index contributed by atoms with van der Waals surface area (Å²) in [6, 6.07) is 11.4. The number of imidazole rings is 1. The number of H-pyrrole nitrogens is 1. The molecule has 1 aliphatic rings. The highest BCUT2D eigenvalue weighted by Crippen LogP contribution is 2.31. The first kappa shape index (κ1) is 20.1. The second kappa shape index (κ2) is 8.65. The molecular weight excluding hydrogens is 382 g/mol. The molecule has 30 heavy (non-hydrogen) atoms. The highest BCUT2D eigenvalue weighted by molar-refractivity contribution is 5.97. The smallest absolute Gasteiger partial charge is 0.326 e. The van der Waals surface area contributed by atoms with Crippen molar-refractivity contribution in [3.63, 3.8) is 0 Å². The molecule has 0 unspecified atom stereocenters. The van der Waals surface area contributed by atoms with Gasteiger partial charge in [-0.25, -0.2) is 4.79 Å². The molecule has 158 valence electrons. The topological polar surface area (TPSA) is 85.4 Å². The number of carbonyl (C=O) groups is 1. The number of nitrogens with zero attached hydrogens (tertiary/aromatic N) is 1. The lowest BCUT2D eigenvalue weighted by Gasteiger charge is -2.11. The van der Waals surface area contributed by atoms with Gasteiger partial charge in [0.25, 0.3) is 5.91 Å². The van der Waals surface area contributed by atoms with Gasteiger partial charge in [-0.15, -0.1) is 0 Å². The van der Waals surface area contributed by atoms with Crippen molar-refractivity contribution < 1.29 is 14.3 Å². The zero-order valence-corrected chi connectivity index (χ0v) is 17.4. The van der Waals surface area contributed by atoms with Crippen molar-refractivity contribution in [3.8, 4) is 11.5 Å². The average molecular weight is 409 g/mol. The fourth-order valence-corrected chi connectivity index (χ4v) is 4.26. The fraction of sp³-hybridized carbons (Fsp3) is 0.391. The predicted octanol–water partition coefficient (Wildman–Crippen LogP) is 3.43. The number of aromatic amines is 1. The van der Waals surface area contributed by atoms with Gasteiger partial charge in [0.2, 0.25) is 0 Å². The Labute approximate surface area is 175 Å². The van der Waals surface area contributed by atoms with E-state index in [1.165, 1.54) is 0 Å². The Balaban J connectivity index is 1.43. The summed E-state index contributed by atoms with van der Waals surface area (Å²) in [6.07, 6.45) is 5.05. The monoisotopic (exact) mass is 409 g/mol. The number of hydrogen-bond acceptors (Lipinski definition) is 4. The number of rotatable bonds is 7. The lowest BCUT2D eigenvalue weighted by atomic mass is 10.1. The first-order valence-electron chi connectivity index (χ1n) is 10.3. The number of benzene rings is 2. The van der Waals surface area contributed by atoms with Gasteiger partial charge >= 0.3 is 5.69 Å². The molecule has 2 aromatic carbocycles. The molecule has 1 aromatic heterocycles. The van der Waals surface area contributed by atoms with Gasteiger partial charge in [-0.3, -0.25) is 9.36 Å². The summed E-state index contributed by atoms with van der Waals surface area (Å²) in [6.45, 7) is 0.492. The molecule has 1 aliphatic carbocycles. The summed E-state index contributed by atoms with van der Waals surface area (Å²) in [7, 11) is 3.20. The van der Waals surface area contributed by atoms with Crippen LogP contribution in [0.15, 0.2) is 41.2 Å². The van der Waals surface area contributed by atoms with E-state index >= 15 is 0 Å². The highest BCUT2D eigenvalue weighted by atomic mass is 16.5. The van der Waals surface area contributed by atoms with Crippen molar-refractivity contribution >= 4 is 16.9 Å². The van der Waals surface area contributed by atoms with Crippen molar-refractivity contribution in [2.45, 2.75) is 38.1 Å². The quantitative estimate of drug-likeness (QED) is 0.626. The maximum absolute atomic E-state index is 12.6. The minimum absolute atomic E-state index is 0.0945. The van der Waals surface area contributed by atoms with E-state index in [0.29, 0.717) is 35.5 Å². The number of ether oxygens (including phenoxy) is 2. The van der Waals surface area contributed by atoms with E-state index in [1.807, 2.05) is 28.8 Å². The van der Waals surface area contributed by atoms with E-state index in [0.717, 1.165) is 36.8 Å². The SMILES string of the molecule is COc1ccc(CCNC(=O)c2ccc3c(c2)[nH]c(=O)n3C2CCCC2)cc1OC. The Morgan fingerprint density at radius 1 is 1.10 bits per heavy atom. The molecule has 0 radical (unpaired) electrons. The van der Waals surface area contributed by atoms with Crippen LogP contribution >= 0.6 is 0 Å². The zero-order valence-electron chi connectivity index (χ0n) is 17.4. The predicted molar refractivity (Wildman–Crippen MR) is 116 cm³/mol. The minimum Gasteiger partial charge on any atom is -0.493 e. The molecule has 1 amide bonds. The molecule has 1 saturated carbocycles. The number of amides is 1. The number of aromatic nitrogens is 2. The normalized spacial score (nSPS) is 14.2. The molecule has 0 spiro atoms. The summed E-state index contributed by atoms with van der Waals surface area (Å²) in [4.78, 5) is 27.9. The number of methoxy groups -OCH3 is 2. The molecule has 4 rings (SSSR count). The maximum atomic E-state index is 12.6. The fourth-order valence-electron chi connectivity index (χ4n) is 4.26. The van der Waals surface area contributed by atoms with Gasteiger partial charge in [-0.2, -0.15) is 0 Å². The molecule has 0 atom stereocenters. The average Bonchev–Trinajstić information content (AvgIpc) is 3.39. The third kappa shape index (κ3) is 3.92. The van der Waals surface area contributed by atoms with E-state index in [1.54, 1.807) is 26.4 Å². The molecule has 0 saturated heterocycles. The van der Waals surface area contributed by atoms with E-state index in [-0.39, 0.29) is 17.6 Å². The van der Waals surface area contributed by atoms with Crippen LogP contribution in [0.4, 0.5) is 0 Å². The van der Waals surface area contributed by atoms with E-state index in [9.17, 15) is 9.59 Å². The second-order valence-corrected chi connectivity index (χ2v) is 7.67. The first-order chi connectivity index (χ1) is 14.6. The lowest BCUT2D eigenvalue weighted by Crippen LogP contribution is -2.25. The zero-order chi connectivity index (χ0) is 21.1. The Morgan fingerprint density at radius 2 is 1.87 bits per heavy atom. The van der Waals surface area contributed by atoms with Crippen LogP contribution in [0.5, 0.6) is 11.5 Å². The number of fused-ring (bicyclic) bond motifs is 1. The van der Waals surface area contributed by atoms with Crippen LogP contribution in [0, 0.1) is 0 Å². The highest BCUT2D eigenvalue weighted by Gasteiger charge is 2.21. The maximum Gasteiger partial charge on any atom is 0.326 e. The number of nitrogens with one attached hydrogen (secondary N) is 2. The lowest BCUT2D eigenvalue weighted by molar-refractivity contribution is 0.0954. The number of hydrogen-bond donors (Lipinski definition) is 2. The van der Waals surface area contributed by atoms with Gasteiger partial charge in [-0.1, -0.05) is 18.9 Å². The van der Waals surface area contributed by atoms with Gasteiger partial charge < -0.3 is 19.8 Å². The molecule has 3 aromatic rings. The van der Waals surface area contributed by atoms with Crippen LogP contribution in [0.25, 0.3) is 11.0 Å².